The van der Waals surface area contributed by atoms with E-state index in [2.05, 4.69) is 30.4 Å². The number of benzene rings is 3. The Morgan fingerprint density at radius 3 is 2.21 bits per heavy atom. The number of nitrogens with zero attached hydrogens (tertiary/aromatic N) is 1. The molecule has 0 bridgehead atoms. The summed E-state index contributed by atoms with van der Waals surface area (Å²) in [5, 5.41) is 2.76. The zero-order chi connectivity index (χ0) is 23.6. The maximum atomic E-state index is 13.4. The van der Waals surface area contributed by atoms with E-state index >= 15 is 0 Å². The van der Waals surface area contributed by atoms with Gasteiger partial charge >= 0.3 is 0 Å². The van der Waals surface area contributed by atoms with Crippen LogP contribution >= 0.6 is 11.8 Å². The predicted molar refractivity (Wildman–Crippen MR) is 137 cm³/mol. The molecule has 3 aromatic carbocycles. The van der Waals surface area contributed by atoms with Gasteiger partial charge in [-0.2, -0.15) is 0 Å². The molecule has 172 valence electrons. The van der Waals surface area contributed by atoms with E-state index in [0.29, 0.717) is 18.7 Å². The zero-order valence-corrected chi connectivity index (χ0v) is 20.4. The van der Waals surface area contributed by atoms with E-state index < -0.39 is 6.04 Å². The number of nitrogens with one attached hydrogen (secondary N) is 1. The molecule has 33 heavy (non-hydrogen) atoms. The van der Waals surface area contributed by atoms with Crippen LogP contribution in [0.25, 0.3) is 0 Å². The van der Waals surface area contributed by atoms with Crippen LogP contribution in [0.4, 0.5) is 0 Å². The molecule has 0 saturated heterocycles. The van der Waals surface area contributed by atoms with Crippen LogP contribution in [-0.4, -0.2) is 35.6 Å². The Labute approximate surface area is 201 Å². The molecule has 0 aliphatic carbocycles. The average Bonchev–Trinajstić information content (AvgIpc) is 2.82. The van der Waals surface area contributed by atoms with Crippen molar-refractivity contribution >= 4 is 23.6 Å². The number of hydrogen-bond donors (Lipinski definition) is 1. The normalized spacial score (nSPS) is 11.6. The Bertz CT molecular complexity index is 1050. The quantitative estimate of drug-likeness (QED) is 0.467. The Morgan fingerprint density at radius 1 is 0.848 bits per heavy atom. The lowest BCUT2D eigenvalue weighted by Crippen LogP contribution is -2.50. The van der Waals surface area contributed by atoms with Crippen molar-refractivity contribution in [3.63, 3.8) is 0 Å². The first-order valence-corrected chi connectivity index (χ1v) is 12.4. The highest BCUT2D eigenvalue weighted by Crippen LogP contribution is 2.19. The van der Waals surface area contributed by atoms with E-state index in [-0.39, 0.29) is 11.8 Å². The van der Waals surface area contributed by atoms with Crippen molar-refractivity contribution in [1.82, 2.24) is 10.2 Å². The zero-order valence-electron chi connectivity index (χ0n) is 19.6. The number of hydrogen-bond acceptors (Lipinski definition) is 3. The molecule has 3 aromatic rings. The van der Waals surface area contributed by atoms with E-state index in [0.717, 1.165) is 22.4 Å². The Kier molecular flexibility index (Phi) is 9.14. The topological polar surface area (TPSA) is 49.4 Å². The van der Waals surface area contributed by atoms with Gasteiger partial charge in [0.2, 0.25) is 11.8 Å². The van der Waals surface area contributed by atoms with Crippen molar-refractivity contribution in [3.05, 3.63) is 107 Å². The molecule has 5 heteroatoms. The standard InChI is InChI=1S/C28H32N2O2S/c1-21-12-14-24(15-13-21)18-30(26(28(32)29-3)17-23-9-5-4-6-10-23)27(31)20-33-19-25-11-7-8-22(2)16-25/h4-16,26H,17-20H2,1-3H3,(H,29,32)/t26-/m1/s1. The first-order chi connectivity index (χ1) is 16.0. The summed E-state index contributed by atoms with van der Waals surface area (Å²) in [7, 11) is 1.63. The average molecular weight is 461 g/mol. The molecule has 0 fully saturated rings. The van der Waals surface area contributed by atoms with Gasteiger partial charge in [-0.25, -0.2) is 0 Å². The highest BCUT2D eigenvalue weighted by molar-refractivity contribution is 7.99. The van der Waals surface area contributed by atoms with Crippen LogP contribution in [0.5, 0.6) is 0 Å². The minimum Gasteiger partial charge on any atom is -0.357 e. The minimum absolute atomic E-state index is 0.0299. The Balaban J connectivity index is 1.80. The number of amides is 2. The van der Waals surface area contributed by atoms with Crippen LogP contribution in [0.15, 0.2) is 78.9 Å². The summed E-state index contributed by atoms with van der Waals surface area (Å²) in [6.07, 6.45) is 0.473. The summed E-state index contributed by atoms with van der Waals surface area (Å²) in [6, 6.07) is 25.7. The van der Waals surface area contributed by atoms with E-state index in [1.165, 1.54) is 11.1 Å². The number of rotatable bonds is 10. The van der Waals surface area contributed by atoms with Gasteiger partial charge in [-0.05, 0) is 30.5 Å². The number of carbonyl (C=O) groups excluding carboxylic acids is 2. The van der Waals surface area contributed by atoms with Gasteiger partial charge < -0.3 is 10.2 Å². The lowest BCUT2D eigenvalue weighted by Gasteiger charge is -2.31. The second kappa shape index (κ2) is 12.3. The second-order valence-electron chi connectivity index (χ2n) is 8.31. The molecule has 0 radical (unpaired) electrons. The molecular weight excluding hydrogens is 428 g/mol. The maximum absolute atomic E-state index is 13.4. The molecule has 1 atom stereocenters. The molecule has 0 unspecified atom stereocenters. The lowest BCUT2D eigenvalue weighted by molar-refractivity contribution is -0.139. The first-order valence-electron chi connectivity index (χ1n) is 11.2. The van der Waals surface area contributed by atoms with Gasteiger partial charge in [0.1, 0.15) is 6.04 Å². The van der Waals surface area contributed by atoms with Crippen molar-refractivity contribution < 1.29 is 9.59 Å². The molecule has 1 N–H and O–H groups in total. The Morgan fingerprint density at radius 2 is 1.55 bits per heavy atom. The number of thioether (sulfide) groups is 1. The monoisotopic (exact) mass is 460 g/mol. The molecule has 0 spiro atoms. The summed E-state index contributed by atoms with van der Waals surface area (Å²) in [4.78, 5) is 28.1. The van der Waals surface area contributed by atoms with Gasteiger partial charge in [-0.1, -0.05) is 90.0 Å². The number of aryl methyl sites for hydroxylation is 2. The third-order valence-electron chi connectivity index (χ3n) is 5.57. The van der Waals surface area contributed by atoms with Gasteiger partial charge in [0.05, 0.1) is 5.75 Å². The maximum Gasteiger partial charge on any atom is 0.242 e. The number of likely N-dealkylation sites (N-methyl/N-ethyl adjacent to an activating group) is 1. The van der Waals surface area contributed by atoms with Crippen LogP contribution in [0.1, 0.15) is 27.8 Å². The van der Waals surface area contributed by atoms with E-state index in [9.17, 15) is 9.59 Å². The molecule has 0 saturated carbocycles. The highest BCUT2D eigenvalue weighted by Gasteiger charge is 2.29. The predicted octanol–water partition coefficient (Wildman–Crippen LogP) is 4.92. The Hall–Kier alpha value is -3.05. The van der Waals surface area contributed by atoms with Gasteiger partial charge in [0.15, 0.2) is 0 Å². The number of carbonyl (C=O) groups is 2. The third-order valence-corrected chi connectivity index (χ3v) is 6.56. The largest absolute Gasteiger partial charge is 0.357 e. The van der Waals surface area contributed by atoms with E-state index in [1.54, 1.807) is 23.7 Å². The van der Waals surface area contributed by atoms with Gasteiger partial charge in [0.25, 0.3) is 0 Å². The second-order valence-corrected chi connectivity index (χ2v) is 9.29. The highest BCUT2D eigenvalue weighted by atomic mass is 32.2. The van der Waals surface area contributed by atoms with Gasteiger partial charge in [-0.3, -0.25) is 9.59 Å². The molecule has 0 aromatic heterocycles. The fourth-order valence-electron chi connectivity index (χ4n) is 3.75. The molecule has 0 heterocycles. The summed E-state index contributed by atoms with van der Waals surface area (Å²) in [5.41, 5.74) is 5.62. The molecule has 2 amide bonds. The summed E-state index contributed by atoms with van der Waals surface area (Å²) in [5.74, 6) is 0.901. The van der Waals surface area contributed by atoms with Gasteiger partial charge in [0, 0.05) is 25.8 Å². The summed E-state index contributed by atoms with van der Waals surface area (Å²) >= 11 is 1.58. The van der Waals surface area contributed by atoms with Gasteiger partial charge in [-0.15, -0.1) is 11.8 Å². The first kappa shape index (κ1) is 24.6. The van der Waals surface area contributed by atoms with Crippen molar-refractivity contribution in [2.75, 3.05) is 12.8 Å². The van der Waals surface area contributed by atoms with Crippen LogP contribution in [0.3, 0.4) is 0 Å². The summed E-state index contributed by atoms with van der Waals surface area (Å²) < 4.78 is 0. The SMILES string of the molecule is CNC(=O)[C@@H](Cc1ccccc1)N(Cc1ccc(C)cc1)C(=O)CSCc1cccc(C)c1. The van der Waals surface area contributed by atoms with Crippen molar-refractivity contribution in [1.29, 1.82) is 0 Å². The van der Waals surface area contributed by atoms with Crippen LogP contribution in [0, 0.1) is 13.8 Å². The summed E-state index contributed by atoms with van der Waals surface area (Å²) in [6.45, 7) is 4.51. The van der Waals surface area contributed by atoms with Crippen molar-refractivity contribution in [2.45, 2.75) is 38.6 Å². The smallest absolute Gasteiger partial charge is 0.242 e. The van der Waals surface area contributed by atoms with Crippen molar-refractivity contribution in [3.8, 4) is 0 Å². The molecular formula is C28H32N2O2S. The van der Waals surface area contributed by atoms with E-state index in [1.807, 2.05) is 67.6 Å². The molecule has 3 rings (SSSR count). The van der Waals surface area contributed by atoms with Crippen LogP contribution in [-0.2, 0) is 28.3 Å². The third kappa shape index (κ3) is 7.50. The molecule has 0 aliphatic rings. The fourth-order valence-corrected chi connectivity index (χ4v) is 4.61. The van der Waals surface area contributed by atoms with Crippen LogP contribution < -0.4 is 5.32 Å². The minimum atomic E-state index is -0.578. The fraction of sp³-hybridized carbons (Fsp3) is 0.286. The molecule has 4 nitrogen and oxygen atoms in total. The van der Waals surface area contributed by atoms with Crippen molar-refractivity contribution in [2.24, 2.45) is 0 Å². The van der Waals surface area contributed by atoms with Crippen LogP contribution in [0.2, 0.25) is 0 Å². The lowest BCUT2D eigenvalue weighted by atomic mass is 10.0. The molecule has 0 aliphatic heterocycles. The van der Waals surface area contributed by atoms with E-state index in [4.69, 9.17) is 0 Å².